The van der Waals surface area contributed by atoms with Crippen molar-refractivity contribution in [3.05, 3.63) is 65.5 Å². The van der Waals surface area contributed by atoms with E-state index in [-0.39, 0.29) is 11.7 Å². The first kappa shape index (κ1) is 16.5. The lowest BCUT2D eigenvalue weighted by Crippen LogP contribution is -2.42. The maximum Gasteiger partial charge on any atom is 0.254 e. The lowest BCUT2D eigenvalue weighted by atomic mass is 10.1. The van der Waals surface area contributed by atoms with Crippen LogP contribution in [0.2, 0.25) is 0 Å². The number of nitrogens with zero attached hydrogens (tertiary/aromatic N) is 1. The summed E-state index contributed by atoms with van der Waals surface area (Å²) in [7, 11) is 0. The Morgan fingerprint density at radius 2 is 2.08 bits per heavy atom. The summed E-state index contributed by atoms with van der Waals surface area (Å²) in [6, 6.07) is 13.7. The Hall–Kier alpha value is -2.40. The van der Waals surface area contributed by atoms with Gasteiger partial charge in [0.15, 0.2) is 0 Å². The van der Waals surface area contributed by atoms with Crippen LogP contribution < -0.4 is 5.32 Å². The maximum absolute atomic E-state index is 13.2. The van der Waals surface area contributed by atoms with Crippen LogP contribution in [0.3, 0.4) is 0 Å². The van der Waals surface area contributed by atoms with Crippen LogP contribution in [0.5, 0.6) is 0 Å². The molecule has 0 spiro atoms. The summed E-state index contributed by atoms with van der Waals surface area (Å²) >= 11 is 0. The van der Waals surface area contributed by atoms with Gasteiger partial charge in [0.05, 0.1) is 6.10 Å². The number of carbonyl (C=O) groups is 1. The quantitative estimate of drug-likeness (QED) is 0.907. The fourth-order valence-electron chi connectivity index (χ4n) is 2.94. The van der Waals surface area contributed by atoms with Crippen molar-refractivity contribution in [2.75, 3.05) is 18.4 Å². The predicted molar refractivity (Wildman–Crippen MR) is 91.3 cm³/mol. The van der Waals surface area contributed by atoms with E-state index in [2.05, 4.69) is 5.32 Å². The van der Waals surface area contributed by atoms with Crippen molar-refractivity contribution in [3.8, 4) is 0 Å². The summed E-state index contributed by atoms with van der Waals surface area (Å²) in [5.41, 5.74) is 2.24. The number of aliphatic hydroxyl groups is 1. The molecule has 126 valence electrons. The van der Waals surface area contributed by atoms with Gasteiger partial charge in [-0.3, -0.25) is 4.79 Å². The third kappa shape index (κ3) is 4.11. The molecule has 0 bridgehead atoms. The molecule has 3 rings (SSSR count). The van der Waals surface area contributed by atoms with Gasteiger partial charge in [-0.25, -0.2) is 4.39 Å². The van der Waals surface area contributed by atoms with Crippen molar-refractivity contribution in [2.24, 2.45) is 0 Å². The number of aliphatic hydroxyl groups excluding tert-OH is 1. The average molecular weight is 328 g/mol. The number of β-amino-alcohol motifs (C(OH)–C–C–N with tert-alkyl or cyclic N) is 1. The molecule has 0 aliphatic carbocycles. The SMILES string of the molecule is O=C(c1cccc(NCc2cccc(F)c2)c1)N1CCC[C@@H](O)C1. The summed E-state index contributed by atoms with van der Waals surface area (Å²) in [6.07, 6.45) is 1.14. The van der Waals surface area contributed by atoms with E-state index in [1.54, 1.807) is 23.1 Å². The molecule has 1 atom stereocenters. The zero-order valence-corrected chi connectivity index (χ0v) is 13.4. The fourth-order valence-corrected chi connectivity index (χ4v) is 2.94. The molecule has 24 heavy (non-hydrogen) atoms. The van der Waals surface area contributed by atoms with E-state index in [4.69, 9.17) is 0 Å². The van der Waals surface area contributed by atoms with Crippen molar-refractivity contribution in [2.45, 2.75) is 25.5 Å². The van der Waals surface area contributed by atoms with E-state index < -0.39 is 6.10 Å². The summed E-state index contributed by atoms with van der Waals surface area (Å²) in [5.74, 6) is -0.329. The Morgan fingerprint density at radius 3 is 2.88 bits per heavy atom. The number of hydrogen-bond donors (Lipinski definition) is 2. The minimum atomic E-state index is -0.433. The molecule has 1 heterocycles. The molecule has 4 nitrogen and oxygen atoms in total. The number of rotatable bonds is 4. The molecule has 2 N–H and O–H groups in total. The number of hydrogen-bond acceptors (Lipinski definition) is 3. The van der Waals surface area contributed by atoms with Crippen LogP contribution >= 0.6 is 0 Å². The molecular weight excluding hydrogens is 307 g/mol. The van der Waals surface area contributed by atoms with Gasteiger partial charge in [-0.05, 0) is 48.7 Å². The van der Waals surface area contributed by atoms with Crippen molar-refractivity contribution >= 4 is 11.6 Å². The Labute approximate surface area is 140 Å². The highest BCUT2D eigenvalue weighted by atomic mass is 19.1. The Balaban J connectivity index is 1.66. The number of anilines is 1. The standard InChI is InChI=1S/C19H21FN2O2/c20-16-6-1-4-14(10-16)12-21-17-7-2-5-15(11-17)19(24)22-9-3-8-18(23)13-22/h1-2,4-7,10-11,18,21,23H,3,8-9,12-13H2/t18-/m1/s1. The first-order chi connectivity index (χ1) is 11.6. The van der Waals surface area contributed by atoms with E-state index in [9.17, 15) is 14.3 Å². The summed E-state index contributed by atoms with van der Waals surface area (Å²) in [4.78, 5) is 14.2. The predicted octanol–water partition coefficient (Wildman–Crippen LogP) is 3.03. The van der Waals surface area contributed by atoms with Crippen LogP contribution in [-0.4, -0.2) is 35.1 Å². The van der Waals surface area contributed by atoms with E-state index in [1.165, 1.54) is 12.1 Å². The largest absolute Gasteiger partial charge is 0.391 e. The lowest BCUT2D eigenvalue weighted by Gasteiger charge is -2.30. The highest BCUT2D eigenvalue weighted by Crippen LogP contribution is 2.17. The molecule has 1 amide bonds. The van der Waals surface area contributed by atoms with E-state index in [0.717, 1.165) is 24.1 Å². The number of piperidine rings is 1. The number of halogens is 1. The zero-order valence-electron chi connectivity index (χ0n) is 13.4. The highest BCUT2D eigenvalue weighted by molar-refractivity contribution is 5.95. The van der Waals surface area contributed by atoms with E-state index >= 15 is 0 Å². The van der Waals surface area contributed by atoms with Crippen LogP contribution in [0.15, 0.2) is 48.5 Å². The number of likely N-dealkylation sites (tertiary alicyclic amines) is 1. The number of nitrogens with one attached hydrogen (secondary N) is 1. The van der Waals surface area contributed by atoms with Gasteiger partial charge < -0.3 is 15.3 Å². The van der Waals surface area contributed by atoms with Gasteiger partial charge in [0.2, 0.25) is 0 Å². The van der Waals surface area contributed by atoms with Crippen molar-refractivity contribution < 1.29 is 14.3 Å². The van der Waals surface area contributed by atoms with Gasteiger partial charge in [0, 0.05) is 30.9 Å². The van der Waals surface area contributed by atoms with Gasteiger partial charge in [0.25, 0.3) is 5.91 Å². The second-order valence-electron chi connectivity index (χ2n) is 6.11. The molecule has 0 unspecified atom stereocenters. The number of amides is 1. The topological polar surface area (TPSA) is 52.6 Å². The third-order valence-corrected chi connectivity index (χ3v) is 4.18. The molecule has 1 aliphatic rings. The van der Waals surface area contributed by atoms with E-state index in [0.29, 0.717) is 25.2 Å². The summed E-state index contributed by atoms with van der Waals surface area (Å²) in [5, 5.41) is 12.9. The number of carbonyl (C=O) groups excluding carboxylic acids is 1. The monoisotopic (exact) mass is 328 g/mol. The second-order valence-corrected chi connectivity index (χ2v) is 6.11. The van der Waals surface area contributed by atoms with Crippen molar-refractivity contribution in [1.29, 1.82) is 0 Å². The lowest BCUT2D eigenvalue weighted by molar-refractivity contribution is 0.0474. The highest BCUT2D eigenvalue weighted by Gasteiger charge is 2.23. The Kier molecular flexibility index (Phi) is 5.11. The zero-order chi connectivity index (χ0) is 16.9. The molecule has 1 fully saturated rings. The third-order valence-electron chi connectivity index (χ3n) is 4.18. The normalized spacial score (nSPS) is 17.6. The van der Waals surface area contributed by atoms with Gasteiger partial charge >= 0.3 is 0 Å². The molecular formula is C19H21FN2O2. The molecule has 1 aliphatic heterocycles. The second kappa shape index (κ2) is 7.45. The number of benzene rings is 2. The average Bonchev–Trinajstić information content (AvgIpc) is 2.60. The van der Waals surface area contributed by atoms with Gasteiger partial charge in [-0.15, -0.1) is 0 Å². The molecule has 5 heteroatoms. The molecule has 0 saturated carbocycles. The molecule has 1 saturated heterocycles. The van der Waals surface area contributed by atoms with Gasteiger partial charge in [-0.1, -0.05) is 18.2 Å². The molecule has 0 radical (unpaired) electrons. The summed E-state index contributed by atoms with van der Waals surface area (Å²) < 4.78 is 13.2. The molecule has 0 aromatic heterocycles. The van der Waals surface area contributed by atoms with Crippen LogP contribution in [0.1, 0.15) is 28.8 Å². The smallest absolute Gasteiger partial charge is 0.254 e. The van der Waals surface area contributed by atoms with Crippen LogP contribution in [0.25, 0.3) is 0 Å². The van der Waals surface area contributed by atoms with Crippen molar-refractivity contribution in [1.82, 2.24) is 4.90 Å². The van der Waals surface area contributed by atoms with Crippen LogP contribution in [-0.2, 0) is 6.54 Å². The van der Waals surface area contributed by atoms with Crippen LogP contribution in [0.4, 0.5) is 10.1 Å². The van der Waals surface area contributed by atoms with Gasteiger partial charge in [0.1, 0.15) is 5.82 Å². The van der Waals surface area contributed by atoms with Crippen molar-refractivity contribution in [3.63, 3.8) is 0 Å². The summed E-state index contributed by atoms with van der Waals surface area (Å²) in [6.45, 7) is 1.55. The Bertz CT molecular complexity index is 720. The fraction of sp³-hybridized carbons (Fsp3) is 0.316. The van der Waals surface area contributed by atoms with E-state index in [1.807, 2.05) is 18.2 Å². The van der Waals surface area contributed by atoms with Crippen LogP contribution in [0, 0.1) is 5.82 Å². The minimum absolute atomic E-state index is 0.0665. The minimum Gasteiger partial charge on any atom is -0.391 e. The first-order valence-electron chi connectivity index (χ1n) is 8.17. The van der Waals surface area contributed by atoms with Gasteiger partial charge in [-0.2, -0.15) is 0 Å². The molecule has 2 aromatic rings. The molecule has 2 aromatic carbocycles. The Morgan fingerprint density at radius 1 is 1.25 bits per heavy atom. The maximum atomic E-state index is 13.2. The first-order valence-corrected chi connectivity index (χ1v) is 8.17.